The van der Waals surface area contributed by atoms with Gasteiger partial charge in [0.05, 0.1) is 16.5 Å². The second-order valence-electron chi connectivity index (χ2n) is 4.88. The fourth-order valence-electron chi connectivity index (χ4n) is 2.23. The highest BCUT2D eigenvalue weighted by molar-refractivity contribution is 5.83. The molecule has 4 N–H and O–H groups in total. The maximum absolute atomic E-state index is 11.8. The van der Waals surface area contributed by atoms with E-state index in [9.17, 15) is 9.59 Å². The SMILES string of the molecule is CCCCN(CC)N(N)c1ccc2c(=O)[nH][nH]c(=O)c2c1. The van der Waals surface area contributed by atoms with Gasteiger partial charge in [0, 0.05) is 13.1 Å². The molecule has 0 bridgehead atoms. The first-order valence-corrected chi connectivity index (χ1v) is 7.12. The summed E-state index contributed by atoms with van der Waals surface area (Å²) in [6, 6.07) is 5.00. The molecule has 0 aliphatic carbocycles. The average Bonchev–Trinajstić information content (AvgIpc) is 2.51. The molecule has 2 rings (SSSR count). The minimum atomic E-state index is -0.337. The molecule has 21 heavy (non-hydrogen) atoms. The number of nitrogens with zero attached hydrogens (tertiary/aromatic N) is 2. The predicted molar refractivity (Wildman–Crippen MR) is 84.0 cm³/mol. The number of anilines is 1. The molecule has 114 valence electrons. The number of fused-ring (bicyclic) bond motifs is 1. The largest absolute Gasteiger partial charge is 0.270 e. The minimum Gasteiger partial charge on any atom is -0.267 e. The number of unbranched alkanes of at least 4 members (excludes halogenated alkanes) is 1. The van der Waals surface area contributed by atoms with Gasteiger partial charge in [-0.2, -0.15) is 0 Å². The van der Waals surface area contributed by atoms with E-state index in [0.717, 1.165) is 25.9 Å². The van der Waals surface area contributed by atoms with Crippen molar-refractivity contribution in [1.29, 1.82) is 0 Å². The van der Waals surface area contributed by atoms with Gasteiger partial charge in [0.25, 0.3) is 11.1 Å². The standard InChI is InChI=1S/C14H21N5O2/c1-3-5-8-18(4-2)19(15)10-6-7-11-12(9-10)14(21)17-16-13(11)20/h6-7,9H,3-5,8,15H2,1-2H3,(H,16,20)(H,17,21). The van der Waals surface area contributed by atoms with Crippen LogP contribution in [0.4, 0.5) is 5.69 Å². The summed E-state index contributed by atoms with van der Waals surface area (Å²) in [5.41, 5.74) is 0.0195. The molecule has 7 nitrogen and oxygen atoms in total. The topological polar surface area (TPSA) is 98.2 Å². The molecule has 0 aliphatic rings. The van der Waals surface area contributed by atoms with Gasteiger partial charge in [-0.1, -0.05) is 20.3 Å². The van der Waals surface area contributed by atoms with E-state index < -0.39 is 0 Å². The van der Waals surface area contributed by atoms with Gasteiger partial charge in [-0.05, 0) is 24.6 Å². The Bertz CT molecular complexity index is 721. The number of hydrazine groups is 2. The number of nitrogens with one attached hydrogen (secondary N) is 2. The van der Waals surface area contributed by atoms with Crippen LogP contribution in [0.5, 0.6) is 0 Å². The maximum atomic E-state index is 11.8. The molecule has 0 saturated carbocycles. The van der Waals surface area contributed by atoms with Crippen LogP contribution in [0.1, 0.15) is 26.7 Å². The van der Waals surface area contributed by atoms with Gasteiger partial charge >= 0.3 is 0 Å². The van der Waals surface area contributed by atoms with Crippen LogP contribution in [-0.4, -0.2) is 28.3 Å². The number of hydrogen-bond acceptors (Lipinski definition) is 5. The zero-order chi connectivity index (χ0) is 15.4. The van der Waals surface area contributed by atoms with Crippen LogP contribution in [0.3, 0.4) is 0 Å². The fraction of sp³-hybridized carbons (Fsp3) is 0.429. The van der Waals surface area contributed by atoms with Gasteiger partial charge < -0.3 is 0 Å². The van der Waals surface area contributed by atoms with E-state index in [1.807, 2.05) is 11.9 Å². The predicted octanol–water partition coefficient (Wildman–Crippen LogP) is 0.933. The highest BCUT2D eigenvalue weighted by Gasteiger charge is 2.12. The van der Waals surface area contributed by atoms with Crippen molar-refractivity contribution in [3.63, 3.8) is 0 Å². The Hall–Kier alpha value is -2.12. The Balaban J connectivity index is 2.40. The van der Waals surface area contributed by atoms with E-state index in [2.05, 4.69) is 17.1 Å². The molecule has 0 atom stereocenters. The number of hydrogen-bond donors (Lipinski definition) is 3. The molecule has 0 aliphatic heterocycles. The Morgan fingerprint density at radius 3 is 2.38 bits per heavy atom. The molecular formula is C14H21N5O2. The zero-order valence-electron chi connectivity index (χ0n) is 12.3. The van der Waals surface area contributed by atoms with Crippen LogP contribution in [-0.2, 0) is 0 Å². The average molecular weight is 291 g/mol. The first-order chi connectivity index (χ1) is 10.1. The first kappa shape index (κ1) is 15.3. The monoisotopic (exact) mass is 291 g/mol. The summed E-state index contributed by atoms with van der Waals surface area (Å²) in [5, 5.41) is 8.84. The van der Waals surface area contributed by atoms with Crippen molar-refractivity contribution < 1.29 is 0 Å². The Kier molecular flexibility index (Phi) is 4.77. The zero-order valence-corrected chi connectivity index (χ0v) is 12.3. The number of aromatic amines is 2. The Morgan fingerprint density at radius 1 is 1.10 bits per heavy atom. The smallest absolute Gasteiger partial charge is 0.267 e. The van der Waals surface area contributed by atoms with Gasteiger partial charge in [-0.25, -0.2) is 16.0 Å². The number of H-pyrrole nitrogens is 2. The Morgan fingerprint density at radius 2 is 1.76 bits per heavy atom. The lowest BCUT2D eigenvalue weighted by atomic mass is 10.2. The summed E-state index contributed by atoms with van der Waals surface area (Å²) in [5.74, 6) is 6.13. The van der Waals surface area contributed by atoms with Crippen LogP contribution in [0, 0.1) is 0 Å². The molecule has 0 fully saturated rings. The summed E-state index contributed by atoms with van der Waals surface area (Å²) in [7, 11) is 0. The summed E-state index contributed by atoms with van der Waals surface area (Å²) >= 11 is 0. The van der Waals surface area contributed by atoms with Gasteiger partial charge in [0.15, 0.2) is 0 Å². The molecule has 0 saturated heterocycles. The second-order valence-corrected chi connectivity index (χ2v) is 4.88. The van der Waals surface area contributed by atoms with Crippen LogP contribution >= 0.6 is 0 Å². The van der Waals surface area contributed by atoms with Crippen molar-refractivity contribution in [3.05, 3.63) is 38.9 Å². The van der Waals surface area contributed by atoms with Gasteiger partial charge in [0.1, 0.15) is 0 Å². The van der Waals surface area contributed by atoms with Crippen LogP contribution in [0.25, 0.3) is 10.8 Å². The first-order valence-electron chi connectivity index (χ1n) is 7.12. The molecule has 7 heteroatoms. The van der Waals surface area contributed by atoms with E-state index in [4.69, 9.17) is 5.84 Å². The van der Waals surface area contributed by atoms with Crippen molar-refractivity contribution in [2.24, 2.45) is 5.84 Å². The molecule has 0 radical (unpaired) electrons. The third kappa shape index (κ3) is 3.14. The molecule has 1 aromatic heterocycles. The van der Waals surface area contributed by atoms with Gasteiger partial charge in [-0.3, -0.25) is 19.8 Å². The Labute approximate surface area is 122 Å². The van der Waals surface area contributed by atoms with E-state index in [1.54, 1.807) is 18.2 Å². The summed E-state index contributed by atoms with van der Waals surface area (Å²) in [6.45, 7) is 5.75. The summed E-state index contributed by atoms with van der Waals surface area (Å²) in [4.78, 5) is 23.5. The quantitative estimate of drug-likeness (QED) is 0.543. The molecule has 1 heterocycles. The van der Waals surface area contributed by atoms with Crippen molar-refractivity contribution in [2.45, 2.75) is 26.7 Å². The van der Waals surface area contributed by atoms with Crippen LogP contribution in [0.2, 0.25) is 0 Å². The summed E-state index contributed by atoms with van der Waals surface area (Å²) in [6.07, 6.45) is 2.12. The highest BCUT2D eigenvalue weighted by atomic mass is 16.1. The fourth-order valence-corrected chi connectivity index (χ4v) is 2.23. The van der Waals surface area contributed by atoms with Crippen LogP contribution < -0.4 is 22.1 Å². The third-order valence-corrected chi connectivity index (χ3v) is 3.49. The van der Waals surface area contributed by atoms with E-state index in [0.29, 0.717) is 16.5 Å². The van der Waals surface area contributed by atoms with Crippen molar-refractivity contribution >= 4 is 16.5 Å². The molecule has 0 spiro atoms. The van der Waals surface area contributed by atoms with E-state index >= 15 is 0 Å². The number of nitrogens with two attached hydrogens (primary N) is 1. The van der Waals surface area contributed by atoms with Gasteiger partial charge in [-0.15, -0.1) is 0 Å². The van der Waals surface area contributed by atoms with E-state index in [-0.39, 0.29) is 11.1 Å². The summed E-state index contributed by atoms with van der Waals surface area (Å²) < 4.78 is 0. The lowest BCUT2D eigenvalue weighted by molar-refractivity contribution is 0.259. The van der Waals surface area contributed by atoms with Crippen molar-refractivity contribution in [2.75, 3.05) is 18.2 Å². The molecule has 0 unspecified atom stereocenters. The molecule has 1 aromatic carbocycles. The number of rotatable bonds is 6. The van der Waals surface area contributed by atoms with Gasteiger partial charge in [0.2, 0.25) is 0 Å². The number of aromatic nitrogens is 2. The second kappa shape index (κ2) is 6.55. The molecule has 2 aromatic rings. The highest BCUT2D eigenvalue weighted by Crippen LogP contribution is 2.17. The van der Waals surface area contributed by atoms with E-state index in [1.165, 1.54) is 5.12 Å². The normalized spacial score (nSPS) is 11.2. The third-order valence-electron chi connectivity index (χ3n) is 3.49. The maximum Gasteiger partial charge on any atom is 0.270 e. The van der Waals surface area contributed by atoms with Crippen molar-refractivity contribution in [1.82, 2.24) is 15.2 Å². The number of benzene rings is 1. The lowest BCUT2D eigenvalue weighted by Gasteiger charge is -2.31. The van der Waals surface area contributed by atoms with Crippen LogP contribution in [0.15, 0.2) is 27.8 Å². The molecular weight excluding hydrogens is 270 g/mol. The van der Waals surface area contributed by atoms with Crippen molar-refractivity contribution in [3.8, 4) is 0 Å². The lowest BCUT2D eigenvalue weighted by Crippen LogP contribution is -2.48. The molecule has 0 amide bonds. The minimum absolute atomic E-state index is 0.321.